The van der Waals surface area contributed by atoms with Gasteiger partial charge in [-0.05, 0) is 18.6 Å². The Morgan fingerprint density at radius 1 is 1.42 bits per heavy atom. The van der Waals surface area contributed by atoms with Crippen molar-refractivity contribution in [2.24, 2.45) is 0 Å². The highest BCUT2D eigenvalue weighted by atomic mass is 32.2. The standard InChI is InChI=1S/C12H15N3O2S2/c1-2-10(12-14-7-8-18-12)15-19(16,17)11-6-4-3-5-9(11)13/h3-8,10,15H,2,13H2,1H3. The quantitative estimate of drug-likeness (QED) is 0.828. The average Bonchev–Trinajstić information content (AvgIpc) is 2.90. The van der Waals surface area contributed by atoms with Gasteiger partial charge in [-0.1, -0.05) is 19.1 Å². The van der Waals surface area contributed by atoms with Crippen molar-refractivity contribution in [3.8, 4) is 0 Å². The molecular formula is C12H15N3O2S2. The summed E-state index contributed by atoms with van der Waals surface area (Å²) in [6.07, 6.45) is 2.29. The molecule has 1 aromatic carbocycles. The van der Waals surface area contributed by atoms with E-state index < -0.39 is 10.0 Å². The molecule has 2 rings (SSSR count). The zero-order valence-corrected chi connectivity index (χ0v) is 12.0. The number of sulfonamides is 1. The third-order valence-electron chi connectivity index (χ3n) is 2.66. The van der Waals surface area contributed by atoms with E-state index in [2.05, 4.69) is 9.71 Å². The van der Waals surface area contributed by atoms with Gasteiger partial charge in [0.15, 0.2) is 0 Å². The lowest BCUT2D eigenvalue weighted by molar-refractivity contribution is 0.549. The molecule has 5 nitrogen and oxygen atoms in total. The van der Waals surface area contributed by atoms with Crippen molar-refractivity contribution in [1.82, 2.24) is 9.71 Å². The van der Waals surface area contributed by atoms with Crippen molar-refractivity contribution >= 4 is 27.0 Å². The Kier molecular flexibility index (Phi) is 4.18. The van der Waals surface area contributed by atoms with Crippen LogP contribution in [-0.2, 0) is 10.0 Å². The summed E-state index contributed by atoms with van der Waals surface area (Å²) in [6.45, 7) is 1.91. The number of rotatable bonds is 5. The second-order valence-electron chi connectivity index (χ2n) is 3.99. The summed E-state index contributed by atoms with van der Waals surface area (Å²) in [5, 5.41) is 2.57. The fourth-order valence-electron chi connectivity index (χ4n) is 1.69. The fourth-order valence-corrected chi connectivity index (χ4v) is 3.95. The van der Waals surface area contributed by atoms with Gasteiger partial charge < -0.3 is 5.73 Å². The van der Waals surface area contributed by atoms with Gasteiger partial charge in [-0.25, -0.2) is 18.1 Å². The molecule has 3 N–H and O–H groups in total. The summed E-state index contributed by atoms with van der Waals surface area (Å²) in [7, 11) is -3.64. The van der Waals surface area contributed by atoms with Gasteiger partial charge in [0.1, 0.15) is 9.90 Å². The second-order valence-corrected chi connectivity index (χ2v) is 6.60. The molecule has 0 radical (unpaired) electrons. The van der Waals surface area contributed by atoms with E-state index in [9.17, 15) is 8.42 Å². The molecule has 19 heavy (non-hydrogen) atoms. The molecule has 2 aromatic rings. The predicted octanol–water partition coefficient (Wildman–Crippen LogP) is 2.15. The molecule has 0 aliphatic carbocycles. The largest absolute Gasteiger partial charge is 0.398 e. The van der Waals surface area contributed by atoms with Crippen molar-refractivity contribution < 1.29 is 8.42 Å². The molecule has 0 aliphatic heterocycles. The minimum Gasteiger partial charge on any atom is -0.398 e. The van der Waals surface area contributed by atoms with Crippen LogP contribution < -0.4 is 10.5 Å². The number of thiazole rings is 1. The van der Waals surface area contributed by atoms with Gasteiger partial charge in [0.05, 0.1) is 11.7 Å². The Morgan fingerprint density at radius 2 is 2.16 bits per heavy atom. The lowest BCUT2D eigenvalue weighted by atomic mass is 10.3. The molecule has 0 amide bonds. The van der Waals surface area contributed by atoms with E-state index in [1.54, 1.807) is 24.4 Å². The number of anilines is 1. The molecule has 1 unspecified atom stereocenters. The lowest BCUT2D eigenvalue weighted by Crippen LogP contribution is -2.28. The Hall–Kier alpha value is -1.44. The zero-order chi connectivity index (χ0) is 13.9. The molecule has 7 heteroatoms. The van der Waals surface area contributed by atoms with E-state index in [0.29, 0.717) is 6.42 Å². The summed E-state index contributed by atoms with van der Waals surface area (Å²) >= 11 is 1.43. The first-order valence-corrected chi connectivity index (χ1v) is 8.17. The van der Waals surface area contributed by atoms with Crippen molar-refractivity contribution in [3.05, 3.63) is 40.8 Å². The number of benzene rings is 1. The zero-order valence-electron chi connectivity index (χ0n) is 10.4. The highest BCUT2D eigenvalue weighted by Gasteiger charge is 2.23. The first-order chi connectivity index (χ1) is 9.04. The van der Waals surface area contributed by atoms with E-state index in [0.717, 1.165) is 5.01 Å². The van der Waals surface area contributed by atoms with Crippen molar-refractivity contribution in [3.63, 3.8) is 0 Å². The Morgan fingerprint density at radius 3 is 2.74 bits per heavy atom. The smallest absolute Gasteiger partial charge is 0.243 e. The number of para-hydroxylation sites is 1. The maximum atomic E-state index is 12.3. The minimum atomic E-state index is -3.64. The number of aromatic nitrogens is 1. The number of nitrogens with zero attached hydrogens (tertiary/aromatic N) is 1. The molecule has 0 saturated heterocycles. The number of nitrogens with one attached hydrogen (secondary N) is 1. The molecule has 1 aromatic heterocycles. The molecule has 0 spiro atoms. The molecule has 1 heterocycles. The van der Waals surface area contributed by atoms with E-state index in [1.165, 1.54) is 17.4 Å². The number of nitrogen functional groups attached to an aromatic ring is 1. The van der Waals surface area contributed by atoms with Crippen LogP contribution in [0, 0.1) is 0 Å². The van der Waals surface area contributed by atoms with Crippen molar-refractivity contribution in [2.75, 3.05) is 5.73 Å². The first-order valence-electron chi connectivity index (χ1n) is 5.81. The first kappa shape index (κ1) is 14.0. The summed E-state index contributed by atoms with van der Waals surface area (Å²) < 4.78 is 27.2. The highest BCUT2D eigenvalue weighted by Crippen LogP contribution is 2.24. The Bertz CT molecular complexity index is 639. The summed E-state index contributed by atoms with van der Waals surface area (Å²) in [5.74, 6) is 0. The molecule has 0 bridgehead atoms. The van der Waals surface area contributed by atoms with Gasteiger partial charge in [-0.3, -0.25) is 0 Å². The van der Waals surface area contributed by atoms with E-state index in [-0.39, 0.29) is 16.6 Å². The van der Waals surface area contributed by atoms with Gasteiger partial charge in [0, 0.05) is 11.6 Å². The number of hydrogen-bond acceptors (Lipinski definition) is 5. The molecule has 0 saturated carbocycles. The van der Waals surface area contributed by atoms with Gasteiger partial charge in [-0.15, -0.1) is 11.3 Å². The molecule has 102 valence electrons. The Labute approximate surface area is 116 Å². The van der Waals surface area contributed by atoms with Crippen LogP contribution in [0.4, 0.5) is 5.69 Å². The number of hydrogen-bond donors (Lipinski definition) is 2. The van der Waals surface area contributed by atoms with Crippen LogP contribution in [0.25, 0.3) is 0 Å². The van der Waals surface area contributed by atoms with Crippen LogP contribution in [0.5, 0.6) is 0 Å². The highest BCUT2D eigenvalue weighted by molar-refractivity contribution is 7.89. The van der Waals surface area contributed by atoms with Crippen LogP contribution in [0.2, 0.25) is 0 Å². The lowest BCUT2D eigenvalue weighted by Gasteiger charge is -2.15. The topological polar surface area (TPSA) is 85.1 Å². The molecule has 0 fully saturated rings. The van der Waals surface area contributed by atoms with Crippen molar-refractivity contribution in [2.45, 2.75) is 24.3 Å². The van der Waals surface area contributed by atoms with Gasteiger partial charge in [-0.2, -0.15) is 0 Å². The second kappa shape index (κ2) is 5.68. The third-order valence-corrected chi connectivity index (χ3v) is 5.10. The van der Waals surface area contributed by atoms with Gasteiger partial charge in [0.2, 0.25) is 10.0 Å². The predicted molar refractivity (Wildman–Crippen MR) is 76.3 cm³/mol. The van der Waals surface area contributed by atoms with E-state index >= 15 is 0 Å². The Balaban J connectivity index is 2.29. The molecule has 0 aliphatic rings. The molecular weight excluding hydrogens is 282 g/mol. The third kappa shape index (κ3) is 3.12. The van der Waals surface area contributed by atoms with Gasteiger partial charge in [0.25, 0.3) is 0 Å². The van der Waals surface area contributed by atoms with E-state index in [1.807, 2.05) is 12.3 Å². The van der Waals surface area contributed by atoms with Crippen LogP contribution in [0.3, 0.4) is 0 Å². The molecule has 1 atom stereocenters. The summed E-state index contributed by atoms with van der Waals surface area (Å²) in [4.78, 5) is 4.25. The fraction of sp³-hybridized carbons (Fsp3) is 0.250. The van der Waals surface area contributed by atoms with Crippen molar-refractivity contribution in [1.29, 1.82) is 0 Å². The van der Waals surface area contributed by atoms with Gasteiger partial charge >= 0.3 is 0 Å². The van der Waals surface area contributed by atoms with Crippen LogP contribution in [0.15, 0.2) is 40.7 Å². The normalized spacial score (nSPS) is 13.3. The minimum absolute atomic E-state index is 0.102. The summed E-state index contributed by atoms with van der Waals surface area (Å²) in [6, 6.07) is 6.08. The number of nitrogens with two attached hydrogens (primary N) is 1. The maximum absolute atomic E-state index is 12.3. The average molecular weight is 297 g/mol. The van der Waals surface area contributed by atoms with E-state index in [4.69, 9.17) is 5.73 Å². The summed E-state index contributed by atoms with van der Waals surface area (Å²) in [5.41, 5.74) is 5.95. The van der Waals surface area contributed by atoms with Crippen LogP contribution >= 0.6 is 11.3 Å². The van der Waals surface area contributed by atoms with Crippen LogP contribution in [-0.4, -0.2) is 13.4 Å². The van der Waals surface area contributed by atoms with Crippen LogP contribution in [0.1, 0.15) is 24.4 Å². The SMILES string of the molecule is CCC(NS(=O)(=O)c1ccccc1N)c1nccs1. The maximum Gasteiger partial charge on any atom is 0.243 e. The monoisotopic (exact) mass is 297 g/mol.